The minimum absolute atomic E-state index is 0.0644. The number of carbonyl (C=O) groups excluding carboxylic acids is 1. The minimum Gasteiger partial charge on any atom is -0.345 e. The molecule has 0 aliphatic heterocycles. The summed E-state index contributed by atoms with van der Waals surface area (Å²) in [6.45, 7) is 5.60. The number of aromatic nitrogens is 2. The van der Waals surface area contributed by atoms with Crippen molar-refractivity contribution in [2.75, 3.05) is 0 Å². The second-order valence-electron chi connectivity index (χ2n) is 5.64. The first kappa shape index (κ1) is 16.4. The molecule has 0 unspecified atom stereocenters. The number of nitrogens with one attached hydrogen (secondary N) is 1. The lowest BCUT2D eigenvalue weighted by Gasteiger charge is -2.12. The van der Waals surface area contributed by atoms with Crippen molar-refractivity contribution in [2.45, 2.75) is 26.8 Å². The Kier molecular flexibility index (Phi) is 4.49. The maximum Gasteiger partial charge on any atom is 0.255 e. The number of hydrogen-bond donors (Lipinski definition) is 1. The van der Waals surface area contributed by atoms with E-state index >= 15 is 0 Å². The van der Waals surface area contributed by atoms with Crippen LogP contribution in [0.25, 0.3) is 5.69 Å². The fourth-order valence-corrected chi connectivity index (χ4v) is 3.42. The predicted molar refractivity (Wildman–Crippen MR) is 93.2 cm³/mol. The smallest absolute Gasteiger partial charge is 0.255 e. The van der Waals surface area contributed by atoms with E-state index < -0.39 is 0 Å². The van der Waals surface area contributed by atoms with Gasteiger partial charge in [0.15, 0.2) is 0 Å². The molecule has 3 rings (SSSR count). The molecule has 0 saturated carbocycles. The second-order valence-corrected chi connectivity index (χ2v) is 6.62. The van der Waals surface area contributed by atoms with Crippen molar-refractivity contribution >= 4 is 17.2 Å². The molecular weight excluding hydrogens is 325 g/mol. The van der Waals surface area contributed by atoms with E-state index in [1.165, 1.54) is 12.1 Å². The van der Waals surface area contributed by atoms with Gasteiger partial charge in [-0.15, -0.1) is 11.3 Å². The number of aryl methyl sites for hydroxylation is 1. The quantitative estimate of drug-likeness (QED) is 0.772. The van der Waals surface area contributed by atoms with Gasteiger partial charge >= 0.3 is 0 Å². The monoisotopic (exact) mass is 343 g/mol. The molecule has 2 heterocycles. The zero-order chi connectivity index (χ0) is 17.3. The molecular formula is C18H18FN3OS. The molecule has 1 aromatic carbocycles. The summed E-state index contributed by atoms with van der Waals surface area (Å²) in [5.74, 6) is -0.456. The Hall–Kier alpha value is -2.47. The molecule has 0 radical (unpaired) electrons. The average Bonchev–Trinajstić information content (AvgIpc) is 3.16. The number of rotatable bonds is 4. The third kappa shape index (κ3) is 3.10. The van der Waals surface area contributed by atoms with Gasteiger partial charge < -0.3 is 5.32 Å². The van der Waals surface area contributed by atoms with Gasteiger partial charge in [0.2, 0.25) is 0 Å². The molecule has 0 spiro atoms. The molecule has 1 N–H and O–H groups in total. The lowest BCUT2D eigenvalue weighted by molar-refractivity contribution is 0.0939. The number of hydrogen-bond acceptors (Lipinski definition) is 3. The van der Waals surface area contributed by atoms with E-state index in [1.54, 1.807) is 35.1 Å². The standard InChI is InChI=1S/C18H18FN3OS/c1-11(16-5-4-10-24-16)20-18(23)17-12(2)21-22(13(17)3)15-8-6-14(19)7-9-15/h4-11H,1-3H3,(H,20,23)/t11-/m1/s1. The van der Waals surface area contributed by atoms with Gasteiger partial charge in [0, 0.05) is 4.88 Å². The number of benzene rings is 1. The fraction of sp³-hybridized carbons (Fsp3) is 0.222. The van der Waals surface area contributed by atoms with Gasteiger partial charge in [0.1, 0.15) is 5.82 Å². The van der Waals surface area contributed by atoms with Gasteiger partial charge in [-0.3, -0.25) is 4.79 Å². The Morgan fingerprint density at radius 1 is 1.25 bits per heavy atom. The van der Waals surface area contributed by atoms with Crippen LogP contribution in [0.3, 0.4) is 0 Å². The first-order valence-corrected chi connectivity index (χ1v) is 8.51. The van der Waals surface area contributed by atoms with Crippen LogP contribution in [0, 0.1) is 19.7 Å². The van der Waals surface area contributed by atoms with E-state index in [4.69, 9.17) is 0 Å². The Balaban J connectivity index is 1.88. The van der Waals surface area contributed by atoms with Gasteiger partial charge in [-0.1, -0.05) is 6.07 Å². The van der Waals surface area contributed by atoms with Crippen molar-refractivity contribution in [3.8, 4) is 5.69 Å². The maximum absolute atomic E-state index is 13.1. The van der Waals surface area contributed by atoms with Crippen molar-refractivity contribution in [3.05, 3.63) is 69.4 Å². The number of amides is 1. The second kappa shape index (κ2) is 6.57. The predicted octanol–water partition coefficient (Wildman–Crippen LogP) is 4.18. The summed E-state index contributed by atoms with van der Waals surface area (Å²) in [6, 6.07) is 9.94. The summed E-state index contributed by atoms with van der Waals surface area (Å²) in [6.07, 6.45) is 0. The largest absolute Gasteiger partial charge is 0.345 e. The highest BCUT2D eigenvalue weighted by atomic mass is 32.1. The van der Waals surface area contributed by atoms with Gasteiger partial charge in [-0.2, -0.15) is 5.10 Å². The number of carbonyl (C=O) groups is 1. The summed E-state index contributed by atoms with van der Waals surface area (Å²) < 4.78 is 14.8. The Morgan fingerprint density at radius 2 is 1.96 bits per heavy atom. The molecule has 6 heteroatoms. The molecule has 4 nitrogen and oxygen atoms in total. The van der Waals surface area contributed by atoms with Crippen LogP contribution in [-0.2, 0) is 0 Å². The molecule has 3 aromatic rings. The van der Waals surface area contributed by atoms with E-state index in [0.717, 1.165) is 16.3 Å². The molecule has 1 atom stereocenters. The van der Waals surface area contributed by atoms with E-state index in [9.17, 15) is 9.18 Å². The number of thiophene rings is 1. The van der Waals surface area contributed by atoms with Crippen LogP contribution in [0.5, 0.6) is 0 Å². The van der Waals surface area contributed by atoms with Crippen LogP contribution in [0.2, 0.25) is 0 Å². The van der Waals surface area contributed by atoms with Gasteiger partial charge in [-0.05, 0) is 56.5 Å². The Bertz CT molecular complexity index is 853. The summed E-state index contributed by atoms with van der Waals surface area (Å²) in [7, 11) is 0. The van der Waals surface area contributed by atoms with Crippen LogP contribution in [0.1, 0.15) is 39.6 Å². The third-order valence-corrected chi connectivity index (χ3v) is 4.96. The molecule has 0 aliphatic rings. The normalized spacial score (nSPS) is 12.2. The van der Waals surface area contributed by atoms with Crippen LogP contribution in [0.15, 0.2) is 41.8 Å². The fourth-order valence-electron chi connectivity index (χ4n) is 2.68. The van der Waals surface area contributed by atoms with Crippen molar-refractivity contribution in [1.29, 1.82) is 0 Å². The molecule has 0 saturated heterocycles. The third-order valence-electron chi connectivity index (χ3n) is 3.91. The maximum atomic E-state index is 13.1. The molecule has 24 heavy (non-hydrogen) atoms. The van der Waals surface area contributed by atoms with Gasteiger partial charge in [0.05, 0.1) is 28.7 Å². The molecule has 0 fully saturated rings. The lowest BCUT2D eigenvalue weighted by Crippen LogP contribution is -2.27. The zero-order valence-electron chi connectivity index (χ0n) is 13.7. The molecule has 1 amide bonds. The molecule has 0 aliphatic carbocycles. The summed E-state index contributed by atoms with van der Waals surface area (Å²) in [5.41, 5.74) is 2.66. The Labute approximate surface area is 143 Å². The first-order valence-electron chi connectivity index (χ1n) is 7.64. The van der Waals surface area contributed by atoms with Crippen LogP contribution < -0.4 is 5.32 Å². The minimum atomic E-state index is -0.303. The lowest BCUT2D eigenvalue weighted by atomic mass is 10.1. The van der Waals surface area contributed by atoms with Crippen LogP contribution in [0.4, 0.5) is 4.39 Å². The van der Waals surface area contributed by atoms with Gasteiger partial charge in [-0.25, -0.2) is 9.07 Å². The van der Waals surface area contributed by atoms with E-state index in [0.29, 0.717) is 11.3 Å². The molecule has 0 bridgehead atoms. The summed E-state index contributed by atoms with van der Waals surface area (Å²) in [4.78, 5) is 13.8. The highest BCUT2D eigenvalue weighted by Gasteiger charge is 2.21. The van der Waals surface area contributed by atoms with Crippen molar-refractivity contribution in [1.82, 2.24) is 15.1 Å². The van der Waals surface area contributed by atoms with E-state index in [-0.39, 0.29) is 17.8 Å². The van der Waals surface area contributed by atoms with Crippen LogP contribution in [-0.4, -0.2) is 15.7 Å². The molecule has 124 valence electrons. The zero-order valence-corrected chi connectivity index (χ0v) is 14.5. The Morgan fingerprint density at radius 3 is 2.58 bits per heavy atom. The van der Waals surface area contributed by atoms with Crippen LogP contribution >= 0.6 is 11.3 Å². The highest BCUT2D eigenvalue weighted by molar-refractivity contribution is 7.10. The first-order chi connectivity index (χ1) is 11.5. The van der Waals surface area contributed by atoms with Crippen molar-refractivity contribution < 1.29 is 9.18 Å². The van der Waals surface area contributed by atoms with E-state index in [2.05, 4.69) is 10.4 Å². The summed E-state index contributed by atoms with van der Waals surface area (Å²) >= 11 is 1.61. The highest BCUT2D eigenvalue weighted by Crippen LogP contribution is 2.22. The number of halogens is 1. The summed E-state index contributed by atoms with van der Waals surface area (Å²) in [5, 5.41) is 9.44. The van der Waals surface area contributed by atoms with Crippen molar-refractivity contribution in [2.24, 2.45) is 0 Å². The van der Waals surface area contributed by atoms with E-state index in [1.807, 2.05) is 31.4 Å². The SMILES string of the molecule is Cc1nn(-c2ccc(F)cc2)c(C)c1C(=O)N[C@H](C)c1cccs1. The topological polar surface area (TPSA) is 46.9 Å². The molecule has 2 aromatic heterocycles. The number of nitrogens with zero attached hydrogens (tertiary/aromatic N) is 2. The average molecular weight is 343 g/mol. The van der Waals surface area contributed by atoms with Crippen molar-refractivity contribution in [3.63, 3.8) is 0 Å². The van der Waals surface area contributed by atoms with Gasteiger partial charge in [0.25, 0.3) is 5.91 Å².